The summed E-state index contributed by atoms with van der Waals surface area (Å²) in [5.74, 6) is -1.50. The van der Waals surface area contributed by atoms with Crippen LogP contribution in [0.2, 0.25) is 0 Å². The summed E-state index contributed by atoms with van der Waals surface area (Å²) in [4.78, 5) is 24.3. The molecular weight excluding hydrogens is 264 g/mol. The summed E-state index contributed by atoms with van der Waals surface area (Å²) in [6.07, 6.45) is -0.287. The number of carboxylic acids is 1. The molecule has 1 aromatic rings. The number of phenols is 2. The third-order valence-corrected chi connectivity index (χ3v) is 3.25. The van der Waals surface area contributed by atoms with Gasteiger partial charge in [-0.25, -0.2) is 0 Å². The molecule has 1 aliphatic heterocycles. The highest BCUT2D eigenvalue weighted by molar-refractivity contribution is 5.86. The second-order valence-corrected chi connectivity index (χ2v) is 4.69. The van der Waals surface area contributed by atoms with Gasteiger partial charge in [0.25, 0.3) is 0 Å². The Labute approximate surface area is 115 Å². The molecule has 1 unspecified atom stereocenters. The maximum Gasteiger partial charge on any atom is 0.305 e. The number of hydrogen-bond donors (Lipinski definition) is 4. The van der Waals surface area contributed by atoms with E-state index < -0.39 is 12.0 Å². The second kappa shape index (κ2) is 5.79. The first-order valence-electron chi connectivity index (χ1n) is 6.22. The second-order valence-electron chi connectivity index (χ2n) is 4.69. The zero-order valence-corrected chi connectivity index (χ0v) is 10.7. The van der Waals surface area contributed by atoms with Gasteiger partial charge in [-0.2, -0.15) is 0 Å². The Bertz CT molecular complexity index is 531. The quantitative estimate of drug-likeness (QED) is 0.611. The SMILES string of the molecule is O=C(O)CC1C(=O)NCCN1Cc1ccc(O)cc1O. The van der Waals surface area contributed by atoms with Crippen molar-refractivity contribution in [3.05, 3.63) is 23.8 Å². The van der Waals surface area contributed by atoms with E-state index in [0.29, 0.717) is 18.7 Å². The molecule has 108 valence electrons. The molecule has 1 saturated heterocycles. The monoisotopic (exact) mass is 280 g/mol. The fourth-order valence-electron chi connectivity index (χ4n) is 2.24. The molecule has 1 heterocycles. The van der Waals surface area contributed by atoms with E-state index in [2.05, 4.69) is 5.32 Å². The van der Waals surface area contributed by atoms with Crippen LogP contribution in [0.1, 0.15) is 12.0 Å². The highest BCUT2D eigenvalue weighted by Crippen LogP contribution is 2.25. The van der Waals surface area contributed by atoms with Crippen LogP contribution in [0.3, 0.4) is 0 Å². The van der Waals surface area contributed by atoms with Crippen LogP contribution in [0.25, 0.3) is 0 Å². The van der Waals surface area contributed by atoms with Crippen LogP contribution in [-0.4, -0.2) is 51.2 Å². The molecule has 4 N–H and O–H groups in total. The summed E-state index contributed by atoms with van der Waals surface area (Å²) < 4.78 is 0. The van der Waals surface area contributed by atoms with Crippen molar-refractivity contribution in [3.63, 3.8) is 0 Å². The molecule has 1 fully saturated rings. The molecule has 20 heavy (non-hydrogen) atoms. The number of carbonyl (C=O) groups excluding carboxylic acids is 1. The topological polar surface area (TPSA) is 110 Å². The van der Waals surface area contributed by atoms with Gasteiger partial charge in [0.1, 0.15) is 17.5 Å². The molecule has 1 aromatic carbocycles. The lowest BCUT2D eigenvalue weighted by Crippen LogP contribution is -2.55. The van der Waals surface area contributed by atoms with Crippen LogP contribution in [0.5, 0.6) is 11.5 Å². The highest BCUT2D eigenvalue weighted by atomic mass is 16.4. The Morgan fingerprint density at radius 1 is 1.40 bits per heavy atom. The molecule has 2 rings (SSSR count). The van der Waals surface area contributed by atoms with E-state index in [1.807, 2.05) is 0 Å². The summed E-state index contributed by atoms with van der Waals surface area (Å²) in [6.45, 7) is 1.19. The largest absolute Gasteiger partial charge is 0.508 e. The van der Waals surface area contributed by atoms with Crippen LogP contribution < -0.4 is 5.32 Å². The molecule has 7 heteroatoms. The fraction of sp³-hybridized carbons (Fsp3) is 0.385. The van der Waals surface area contributed by atoms with Gasteiger partial charge in [-0.05, 0) is 6.07 Å². The van der Waals surface area contributed by atoms with Gasteiger partial charge in [-0.1, -0.05) is 6.07 Å². The Hall–Kier alpha value is -2.28. The number of nitrogens with zero attached hydrogens (tertiary/aromatic N) is 1. The zero-order valence-electron chi connectivity index (χ0n) is 10.7. The van der Waals surface area contributed by atoms with E-state index >= 15 is 0 Å². The van der Waals surface area contributed by atoms with Crippen LogP contribution in [0.15, 0.2) is 18.2 Å². The van der Waals surface area contributed by atoms with Crippen LogP contribution in [-0.2, 0) is 16.1 Å². The molecule has 1 atom stereocenters. The van der Waals surface area contributed by atoms with E-state index in [0.717, 1.165) is 0 Å². The summed E-state index contributed by atoms with van der Waals surface area (Å²) >= 11 is 0. The molecule has 1 aliphatic rings. The molecule has 0 radical (unpaired) electrons. The van der Waals surface area contributed by atoms with Gasteiger partial charge in [0.2, 0.25) is 5.91 Å². The van der Waals surface area contributed by atoms with Crippen LogP contribution >= 0.6 is 0 Å². The highest BCUT2D eigenvalue weighted by Gasteiger charge is 2.31. The number of aliphatic carboxylic acids is 1. The van der Waals surface area contributed by atoms with Gasteiger partial charge in [-0.3, -0.25) is 14.5 Å². The third-order valence-electron chi connectivity index (χ3n) is 3.25. The van der Waals surface area contributed by atoms with Gasteiger partial charge < -0.3 is 20.6 Å². The summed E-state index contributed by atoms with van der Waals surface area (Å²) in [5, 5.41) is 30.5. The minimum absolute atomic E-state index is 0.0512. The lowest BCUT2D eigenvalue weighted by atomic mass is 10.1. The average molecular weight is 280 g/mol. The lowest BCUT2D eigenvalue weighted by molar-refractivity contribution is -0.143. The minimum Gasteiger partial charge on any atom is -0.508 e. The number of carboxylic acid groups (broad SMARTS) is 1. The van der Waals surface area contributed by atoms with E-state index in [-0.39, 0.29) is 30.4 Å². The van der Waals surface area contributed by atoms with Crippen molar-refractivity contribution in [1.82, 2.24) is 10.2 Å². The predicted molar refractivity (Wildman–Crippen MR) is 69.2 cm³/mol. The number of benzene rings is 1. The average Bonchev–Trinajstić information content (AvgIpc) is 2.36. The van der Waals surface area contributed by atoms with Crippen molar-refractivity contribution in [2.45, 2.75) is 19.0 Å². The third kappa shape index (κ3) is 3.18. The Morgan fingerprint density at radius 2 is 2.15 bits per heavy atom. The number of rotatable bonds is 4. The van der Waals surface area contributed by atoms with Crippen molar-refractivity contribution in [2.24, 2.45) is 0 Å². The van der Waals surface area contributed by atoms with Crippen molar-refractivity contribution < 1.29 is 24.9 Å². The number of amides is 1. The molecule has 7 nitrogen and oxygen atoms in total. The van der Waals surface area contributed by atoms with Gasteiger partial charge in [-0.15, -0.1) is 0 Å². The number of nitrogens with one attached hydrogen (secondary N) is 1. The Morgan fingerprint density at radius 3 is 2.80 bits per heavy atom. The molecule has 1 amide bonds. The minimum atomic E-state index is -1.05. The van der Waals surface area contributed by atoms with Crippen molar-refractivity contribution in [1.29, 1.82) is 0 Å². The predicted octanol–water partition coefficient (Wildman–Crippen LogP) is -0.127. The lowest BCUT2D eigenvalue weighted by Gasteiger charge is -2.34. The smallest absolute Gasteiger partial charge is 0.305 e. The summed E-state index contributed by atoms with van der Waals surface area (Å²) in [5.41, 5.74) is 0.535. The first-order chi connectivity index (χ1) is 9.47. The van der Waals surface area contributed by atoms with E-state index in [1.54, 1.807) is 11.0 Å². The molecule has 0 aromatic heterocycles. The van der Waals surface area contributed by atoms with Gasteiger partial charge in [0.15, 0.2) is 0 Å². The summed E-state index contributed by atoms with van der Waals surface area (Å²) in [6, 6.07) is 3.45. The maximum atomic E-state index is 11.8. The first kappa shape index (κ1) is 14.1. The molecular formula is C13H16N2O5. The molecule has 0 saturated carbocycles. The van der Waals surface area contributed by atoms with E-state index in [1.165, 1.54) is 12.1 Å². The Kier molecular flexibility index (Phi) is 4.09. The standard InChI is InChI=1S/C13H16N2O5/c16-9-2-1-8(11(17)5-9)7-15-4-3-14-13(20)10(15)6-12(18)19/h1-2,5,10,16-17H,3-4,6-7H2,(H,14,20)(H,18,19). The van der Waals surface area contributed by atoms with E-state index in [9.17, 15) is 19.8 Å². The van der Waals surface area contributed by atoms with E-state index in [4.69, 9.17) is 5.11 Å². The van der Waals surface area contributed by atoms with Crippen molar-refractivity contribution >= 4 is 11.9 Å². The Balaban J connectivity index is 2.16. The normalized spacial score (nSPS) is 19.6. The first-order valence-corrected chi connectivity index (χ1v) is 6.22. The fourth-order valence-corrected chi connectivity index (χ4v) is 2.24. The number of aromatic hydroxyl groups is 2. The molecule has 0 spiro atoms. The zero-order chi connectivity index (χ0) is 14.7. The number of carbonyl (C=O) groups is 2. The van der Waals surface area contributed by atoms with Crippen LogP contribution in [0.4, 0.5) is 0 Å². The van der Waals surface area contributed by atoms with Gasteiger partial charge >= 0.3 is 5.97 Å². The number of piperazine rings is 1. The van der Waals surface area contributed by atoms with Crippen LogP contribution in [0, 0.1) is 0 Å². The number of hydrogen-bond acceptors (Lipinski definition) is 5. The molecule has 0 bridgehead atoms. The van der Waals surface area contributed by atoms with Gasteiger partial charge in [0, 0.05) is 31.3 Å². The van der Waals surface area contributed by atoms with Crippen molar-refractivity contribution in [2.75, 3.05) is 13.1 Å². The number of phenolic OH excluding ortho intramolecular Hbond substituents is 2. The summed E-state index contributed by atoms with van der Waals surface area (Å²) in [7, 11) is 0. The maximum absolute atomic E-state index is 11.8. The molecule has 0 aliphatic carbocycles. The van der Waals surface area contributed by atoms with Crippen molar-refractivity contribution in [3.8, 4) is 11.5 Å². The van der Waals surface area contributed by atoms with Gasteiger partial charge in [0.05, 0.1) is 6.42 Å².